The summed E-state index contributed by atoms with van der Waals surface area (Å²) in [6, 6.07) is 23.1. The summed E-state index contributed by atoms with van der Waals surface area (Å²) in [7, 11) is 0. The fourth-order valence-electron chi connectivity index (χ4n) is 5.08. The van der Waals surface area contributed by atoms with Crippen molar-refractivity contribution in [1.29, 1.82) is 0 Å². The van der Waals surface area contributed by atoms with Crippen molar-refractivity contribution in [3.63, 3.8) is 0 Å². The van der Waals surface area contributed by atoms with E-state index < -0.39 is 4.92 Å². The number of hydrazone groups is 1. The maximum Gasteiger partial charge on any atom is 0.269 e. The SMILES string of the molecule is O=[N+]([O-])c1ccc(-c2csc(N3N=C(c4ccc(N5CCCCC5)cc4)CC3c3ccc(Cl)cc3)n2)cc1. The van der Waals surface area contributed by atoms with Crippen LogP contribution in [0.3, 0.4) is 0 Å². The average Bonchev–Trinajstić information content (AvgIpc) is 3.62. The van der Waals surface area contributed by atoms with Gasteiger partial charge in [-0.15, -0.1) is 11.3 Å². The number of nitrogens with zero attached hydrogens (tertiary/aromatic N) is 5. The number of halogens is 1. The van der Waals surface area contributed by atoms with Crippen LogP contribution >= 0.6 is 22.9 Å². The normalized spacial score (nSPS) is 17.5. The zero-order valence-corrected chi connectivity index (χ0v) is 22.2. The van der Waals surface area contributed by atoms with Crippen molar-refractivity contribution < 1.29 is 4.92 Å². The number of piperidine rings is 1. The van der Waals surface area contributed by atoms with Crippen molar-refractivity contribution in [2.45, 2.75) is 31.7 Å². The highest BCUT2D eigenvalue weighted by Crippen LogP contribution is 2.40. The molecule has 7 nitrogen and oxygen atoms in total. The quantitative estimate of drug-likeness (QED) is 0.184. The highest BCUT2D eigenvalue weighted by molar-refractivity contribution is 7.14. The first-order chi connectivity index (χ1) is 18.5. The zero-order valence-electron chi connectivity index (χ0n) is 20.7. The van der Waals surface area contributed by atoms with E-state index in [-0.39, 0.29) is 11.7 Å². The summed E-state index contributed by atoms with van der Waals surface area (Å²) in [5.41, 5.74) is 6.17. The van der Waals surface area contributed by atoms with Crippen LogP contribution in [0, 0.1) is 10.1 Å². The number of anilines is 2. The number of hydrogen-bond acceptors (Lipinski definition) is 7. The van der Waals surface area contributed by atoms with Gasteiger partial charge in [0.05, 0.1) is 22.4 Å². The predicted octanol–water partition coefficient (Wildman–Crippen LogP) is 7.72. The van der Waals surface area contributed by atoms with Crippen LogP contribution in [0.15, 0.2) is 83.3 Å². The third-order valence-corrected chi connectivity index (χ3v) is 8.23. The Bertz CT molecular complexity index is 1460. The molecule has 6 rings (SSSR count). The molecule has 1 saturated heterocycles. The molecule has 38 heavy (non-hydrogen) atoms. The monoisotopic (exact) mass is 543 g/mol. The number of aromatic nitrogens is 1. The first-order valence-electron chi connectivity index (χ1n) is 12.7. The van der Waals surface area contributed by atoms with E-state index in [1.165, 1.54) is 48.4 Å². The Morgan fingerprint density at radius 2 is 1.58 bits per heavy atom. The van der Waals surface area contributed by atoms with Crippen LogP contribution in [0.5, 0.6) is 0 Å². The molecule has 192 valence electrons. The van der Waals surface area contributed by atoms with Crippen molar-refractivity contribution in [1.82, 2.24) is 4.98 Å². The van der Waals surface area contributed by atoms with Crippen LogP contribution in [0.4, 0.5) is 16.5 Å². The second kappa shape index (κ2) is 10.6. The molecular formula is C29H26ClN5O2S. The molecule has 0 bridgehead atoms. The van der Waals surface area contributed by atoms with Gasteiger partial charge in [0.2, 0.25) is 5.13 Å². The Kier molecular flexibility index (Phi) is 6.82. The molecule has 0 aliphatic carbocycles. The van der Waals surface area contributed by atoms with Gasteiger partial charge < -0.3 is 4.90 Å². The summed E-state index contributed by atoms with van der Waals surface area (Å²) in [6.07, 6.45) is 4.57. The predicted molar refractivity (Wildman–Crippen MR) is 155 cm³/mol. The van der Waals surface area contributed by atoms with Crippen molar-refractivity contribution in [3.05, 3.63) is 104 Å². The summed E-state index contributed by atoms with van der Waals surface area (Å²) in [4.78, 5) is 18.0. The molecule has 0 radical (unpaired) electrons. The minimum Gasteiger partial charge on any atom is -0.372 e. The standard InChI is InChI=1S/C29H26ClN5O2S/c30-23-10-4-22(5-11-23)28-18-26(20-6-12-24(13-7-20)33-16-2-1-3-17-33)32-34(28)29-31-27(19-38-29)21-8-14-25(15-9-21)35(36)37/h4-15,19,28H,1-3,16-18H2. The van der Waals surface area contributed by atoms with Crippen molar-refractivity contribution in [2.75, 3.05) is 23.0 Å². The van der Waals surface area contributed by atoms with Crippen LogP contribution in [0.25, 0.3) is 11.3 Å². The van der Waals surface area contributed by atoms with E-state index in [0.717, 1.165) is 52.7 Å². The number of rotatable bonds is 6. The molecule has 3 aromatic carbocycles. The average molecular weight is 544 g/mol. The molecule has 2 aliphatic heterocycles. The van der Waals surface area contributed by atoms with E-state index in [9.17, 15) is 10.1 Å². The lowest BCUT2D eigenvalue weighted by Gasteiger charge is -2.28. The molecule has 1 unspecified atom stereocenters. The number of benzene rings is 3. The van der Waals surface area contributed by atoms with E-state index in [0.29, 0.717) is 5.02 Å². The maximum atomic E-state index is 11.0. The van der Waals surface area contributed by atoms with Crippen molar-refractivity contribution in [2.24, 2.45) is 5.10 Å². The number of non-ortho nitro benzene ring substituents is 1. The van der Waals surface area contributed by atoms with Gasteiger partial charge in [-0.1, -0.05) is 35.9 Å². The number of nitro groups is 1. The fourth-order valence-corrected chi connectivity index (χ4v) is 6.04. The molecule has 4 aromatic rings. The topological polar surface area (TPSA) is 74.9 Å². The van der Waals surface area contributed by atoms with Gasteiger partial charge in [0.1, 0.15) is 0 Å². The highest BCUT2D eigenvalue weighted by Gasteiger charge is 2.32. The number of nitro benzene ring substituents is 1. The molecular weight excluding hydrogens is 518 g/mol. The largest absolute Gasteiger partial charge is 0.372 e. The summed E-state index contributed by atoms with van der Waals surface area (Å²) >= 11 is 7.69. The molecule has 0 amide bonds. The smallest absolute Gasteiger partial charge is 0.269 e. The number of hydrogen-bond donors (Lipinski definition) is 0. The van der Waals surface area contributed by atoms with Crippen molar-refractivity contribution >= 4 is 45.2 Å². The zero-order chi connectivity index (χ0) is 26.1. The van der Waals surface area contributed by atoms with Crippen LogP contribution < -0.4 is 9.91 Å². The Hall–Kier alpha value is -3.75. The van der Waals surface area contributed by atoms with Crippen LogP contribution in [0.1, 0.15) is 42.9 Å². The minimum absolute atomic E-state index is 0.0140. The molecule has 2 aliphatic rings. The molecule has 1 aromatic heterocycles. The van der Waals surface area contributed by atoms with E-state index in [2.05, 4.69) is 29.2 Å². The Labute approximate surface area is 230 Å². The van der Waals surface area contributed by atoms with Gasteiger partial charge in [-0.3, -0.25) is 10.1 Å². The Morgan fingerprint density at radius 1 is 0.895 bits per heavy atom. The van der Waals surface area contributed by atoms with E-state index in [1.807, 2.05) is 34.7 Å². The second-order valence-corrected chi connectivity index (χ2v) is 10.8. The Balaban J connectivity index is 1.30. The highest BCUT2D eigenvalue weighted by atomic mass is 35.5. The van der Waals surface area contributed by atoms with E-state index in [1.54, 1.807) is 12.1 Å². The molecule has 1 fully saturated rings. The van der Waals surface area contributed by atoms with Gasteiger partial charge in [0.15, 0.2) is 0 Å². The van der Waals surface area contributed by atoms with Gasteiger partial charge in [-0.25, -0.2) is 9.99 Å². The second-order valence-electron chi connectivity index (χ2n) is 9.58. The lowest BCUT2D eigenvalue weighted by molar-refractivity contribution is -0.384. The summed E-state index contributed by atoms with van der Waals surface area (Å²) < 4.78 is 0. The first-order valence-corrected chi connectivity index (χ1v) is 14.0. The lowest BCUT2D eigenvalue weighted by Crippen LogP contribution is -2.29. The molecule has 0 saturated carbocycles. The maximum absolute atomic E-state index is 11.0. The number of thiazole rings is 1. The minimum atomic E-state index is -0.396. The van der Waals surface area contributed by atoms with E-state index >= 15 is 0 Å². The van der Waals surface area contributed by atoms with Crippen LogP contribution in [0.2, 0.25) is 5.02 Å². The third-order valence-electron chi connectivity index (χ3n) is 7.15. The summed E-state index contributed by atoms with van der Waals surface area (Å²) in [6.45, 7) is 2.24. The van der Waals surface area contributed by atoms with Gasteiger partial charge >= 0.3 is 0 Å². The first kappa shape index (κ1) is 24.6. The Morgan fingerprint density at radius 3 is 2.26 bits per heavy atom. The van der Waals surface area contributed by atoms with E-state index in [4.69, 9.17) is 21.7 Å². The van der Waals surface area contributed by atoms with Gasteiger partial charge in [0.25, 0.3) is 5.69 Å². The lowest BCUT2D eigenvalue weighted by atomic mass is 9.98. The van der Waals surface area contributed by atoms with Gasteiger partial charge in [0, 0.05) is 53.3 Å². The molecule has 9 heteroatoms. The summed E-state index contributed by atoms with van der Waals surface area (Å²) in [5, 5.41) is 21.5. The van der Waals surface area contributed by atoms with Gasteiger partial charge in [-0.05, 0) is 66.8 Å². The summed E-state index contributed by atoms with van der Waals surface area (Å²) in [5.74, 6) is 0. The third kappa shape index (κ3) is 5.01. The molecule has 0 N–H and O–H groups in total. The fraction of sp³-hybridized carbons (Fsp3) is 0.241. The van der Waals surface area contributed by atoms with Crippen LogP contribution in [-0.2, 0) is 0 Å². The van der Waals surface area contributed by atoms with Crippen LogP contribution in [-0.4, -0.2) is 28.7 Å². The van der Waals surface area contributed by atoms with Crippen molar-refractivity contribution in [3.8, 4) is 11.3 Å². The van der Waals surface area contributed by atoms with Gasteiger partial charge in [-0.2, -0.15) is 5.10 Å². The molecule has 3 heterocycles. The molecule has 1 atom stereocenters. The molecule has 0 spiro atoms.